The van der Waals surface area contributed by atoms with Crippen molar-refractivity contribution in [3.8, 4) is 5.75 Å². The van der Waals surface area contributed by atoms with Crippen LogP contribution in [0.15, 0.2) is 49.2 Å². The van der Waals surface area contributed by atoms with Gasteiger partial charge in [0.05, 0.1) is 7.11 Å². The molecular formula is C16H18N2O. The lowest BCUT2D eigenvalue weighted by atomic mass is 10.1. The highest BCUT2D eigenvalue weighted by molar-refractivity contribution is 5.61. The van der Waals surface area contributed by atoms with Gasteiger partial charge in [0.2, 0.25) is 0 Å². The van der Waals surface area contributed by atoms with Crippen LogP contribution in [0.5, 0.6) is 5.75 Å². The van der Waals surface area contributed by atoms with E-state index in [4.69, 9.17) is 4.74 Å². The number of hydrogen-bond acceptors (Lipinski definition) is 3. The molecule has 0 unspecified atom stereocenters. The number of nitrogens with one attached hydrogen (secondary N) is 1. The fourth-order valence-corrected chi connectivity index (χ4v) is 1.69. The van der Waals surface area contributed by atoms with Crippen molar-refractivity contribution in [1.29, 1.82) is 0 Å². The Morgan fingerprint density at radius 2 is 1.95 bits per heavy atom. The molecule has 1 aromatic heterocycles. The van der Waals surface area contributed by atoms with Crippen LogP contribution in [0.4, 0.5) is 5.82 Å². The SMILES string of the molecule is C=C(C)c1ccc(NCc2ccc(OC)cc2)nc1. The maximum Gasteiger partial charge on any atom is 0.126 e. The number of hydrogen-bond donors (Lipinski definition) is 1. The highest BCUT2D eigenvalue weighted by Crippen LogP contribution is 2.14. The first kappa shape index (κ1) is 13.1. The number of methoxy groups -OCH3 is 1. The van der Waals surface area contributed by atoms with E-state index >= 15 is 0 Å². The molecule has 98 valence electrons. The van der Waals surface area contributed by atoms with E-state index in [-0.39, 0.29) is 0 Å². The Morgan fingerprint density at radius 3 is 2.47 bits per heavy atom. The monoisotopic (exact) mass is 254 g/mol. The largest absolute Gasteiger partial charge is 0.497 e. The average Bonchev–Trinajstić information content (AvgIpc) is 2.46. The molecule has 19 heavy (non-hydrogen) atoms. The summed E-state index contributed by atoms with van der Waals surface area (Å²) in [5.41, 5.74) is 3.27. The first-order chi connectivity index (χ1) is 9.19. The molecule has 0 amide bonds. The summed E-state index contributed by atoms with van der Waals surface area (Å²) < 4.78 is 5.13. The van der Waals surface area contributed by atoms with Crippen molar-refractivity contribution >= 4 is 11.4 Å². The minimum Gasteiger partial charge on any atom is -0.497 e. The summed E-state index contributed by atoms with van der Waals surface area (Å²) in [7, 11) is 1.67. The lowest BCUT2D eigenvalue weighted by Gasteiger charge is -2.07. The minimum absolute atomic E-state index is 0.739. The smallest absolute Gasteiger partial charge is 0.126 e. The molecule has 0 aliphatic rings. The van der Waals surface area contributed by atoms with Crippen LogP contribution >= 0.6 is 0 Å². The lowest BCUT2D eigenvalue weighted by molar-refractivity contribution is 0.414. The molecule has 0 saturated carbocycles. The van der Waals surface area contributed by atoms with Crippen molar-refractivity contribution in [3.63, 3.8) is 0 Å². The van der Waals surface area contributed by atoms with Gasteiger partial charge in [-0.1, -0.05) is 18.7 Å². The maximum absolute atomic E-state index is 5.13. The number of ether oxygens (including phenoxy) is 1. The summed E-state index contributed by atoms with van der Waals surface area (Å²) in [4.78, 5) is 4.35. The van der Waals surface area contributed by atoms with E-state index in [0.29, 0.717) is 0 Å². The van der Waals surface area contributed by atoms with Crippen molar-refractivity contribution in [1.82, 2.24) is 4.98 Å². The summed E-state index contributed by atoms with van der Waals surface area (Å²) in [6.07, 6.45) is 1.83. The number of rotatable bonds is 5. The van der Waals surface area contributed by atoms with Crippen LogP contribution < -0.4 is 10.1 Å². The molecule has 2 aromatic rings. The van der Waals surface area contributed by atoms with Gasteiger partial charge in [-0.3, -0.25) is 0 Å². The lowest BCUT2D eigenvalue weighted by Crippen LogP contribution is -2.01. The Morgan fingerprint density at radius 1 is 1.21 bits per heavy atom. The number of anilines is 1. The Bertz CT molecular complexity index is 544. The summed E-state index contributed by atoms with van der Waals surface area (Å²) in [6, 6.07) is 12.0. The second kappa shape index (κ2) is 6.05. The molecule has 1 N–H and O–H groups in total. The molecule has 0 radical (unpaired) electrons. The predicted molar refractivity (Wildman–Crippen MR) is 79.3 cm³/mol. The molecule has 3 nitrogen and oxygen atoms in total. The van der Waals surface area contributed by atoms with Crippen LogP contribution in [0, 0.1) is 0 Å². The first-order valence-corrected chi connectivity index (χ1v) is 6.18. The molecule has 0 atom stereocenters. The fourth-order valence-electron chi connectivity index (χ4n) is 1.69. The maximum atomic E-state index is 5.13. The van der Waals surface area contributed by atoms with Crippen molar-refractivity contribution < 1.29 is 4.74 Å². The molecule has 2 rings (SSSR count). The second-order valence-corrected chi connectivity index (χ2v) is 4.41. The van der Waals surface area contributed by atoms with Gasteiger partial charge in [0.15, 0.2) is 0 Å². The average molecular weight is 254 g/mol. The van der Waals surface area contributed by atoms with Crippen molar-refractivity contribution in [2.45, 2.75) is 13.5 Å². The molecule has 1 heterocycles. The second-order valence-electron chi connectivity index (χ2n) is 4.41. The van der Waals surface area contributed by atoms with Gasteiger partial charge in [0.1, 0.15) is 11.6 Å². The fraction of sp³-hybridized carbons (Fsp3) is 0.188. The van der Waals surface area contributed by atoms with Crippen molar-refractivity contribution in [3.05, 3.63) is 60.3 Å². The van der Waals surface area contributed by atoms with E-state index in [2.05, 4.69) is 16.9 Å². The van der Waals surface area contributed by atoms with Gasteiger partial charge in [-0.2, -0.15) is 0 Å². The van der Waals surface area contributed by atoms with Gasteiger partial charge in [0.25, 0.3) is 0 Å². The molecule has 0 spiro atoms. The van der Waals surface area contributed by atoms with Crippen LogP contribution in [-0.2, 0) is 6.54 Å². The summed E-state index contributed by atoms with van der Waals surface area (Å²) in [6.45, 7) is 6.61. The van der Waals surface area contributed by atoms with E-state index in [1.807, 2.05) is 49.5 Å². The minimum atomic E-state index is 0.739. The molecule has 1 aromatic carbocycles. The van der Waals surface area contributed by atoms with Gasteiger partial charge < -0.3 is 10.1 Å². The van der Waals surface area contributed by atoms with Crippen LogP contribution in [0.2, 0.25) is 0 Å². The Labute approximate surface area is 114 Å². The van der Waals surface area contributed by atoms with Gasteiger partial charge >= 0.3 is 0 Å². The van der Waals surface area contributed by atoms with E-state index in [1.54, 1.807) is 7.11 Å². The zero-order valence-electron chi connectivity index (χ0n) is 11.3. The number of nitrogens with zero attached hydrogens (tertiary/aromatic N) is 1. The third-order valence-corrected chi connectivity index (χ3v) is 2.89. The van der Waals surface area contributed by atoms with Crippen molar-refractivity contribution in [2.75, 3.05) is 12.4 Å². The van der Waals surface area contributed by atoms with Crippen LogP contribution in [-0.4, -0.2) is 12.1 Å². The van der Waals surface area contributed by atoms with Crippen LogP contribution in [0.25, 0.3) is 5.57 Å². The summed E-state index contributed by atoms with van der Waals surface area (Å²) in [5, 5.41) is 3.28. The van der Waals surface area contributed by atoms with Gasteiger partial charge in [-0.05, 0) is 47.9 Å². The van der Waals surface area contributed by atoms with Gasteiger partial charge in [-0.25, -0.2) is 4.98 Å². The highest BCUT2D eigenvalue weighted by atomic mass is 16.5. The normalized spacial score (nSPS) is 10.0. The zero-order valence-corrected chi connectivity index (χ0v) is 11.3. The third kappa shape index (κ3) is 3.58. The predicted octanol–water partition coefficient (Wildman–Crippen LogP) is 3.74. The van der Waals surface area contributed by atoms with Gasteiger partial charge in [-0.15, -0.1) is 0 Å². The van der Waals surface area contributed by atoms with E-state index in [1.165, 1.54) is 5.56 Å². The van der Waals surface area contributed by atoms with Crippen molar-refractivity contribution in [2.24, 2.45) is 0 Å². The van der Waals surface area contributed by atoms with E-state index in [0.717, 1.165) is 29.2 Å². The third-order valence-electron chi connectivity index (χ3n) is 2.89. The summed E-state index contributed by atoms with van der Waals surface area (Å²) in [5.74, 6) is 1.73. The highest BCUT2D eigenvalue weighted by Gasteiger charge is 1.98. The van der Waals surface area contributed by atoms with Crippen LogP contribution in [0.3, 0.4) is 0 Å². The van der Waals surface area contributed by atoms with E-state index < -0.39 is 0 Å². The summed E-state index contributed by atoms with van der Waals surface area (Å²) >= 11 is 0. The Balaban J connectivity index is 1.95. The molecule has 0 aliphatic heterocycles. The quantitative estimate of drug-likeness (QED) is 0.882. The van der Waals surface area contributed by atoms with Gasteiger partial charge in [0, 0.05) is 12.7 Å². The molecule has 0 fully saturated rings. The number of benzene rings is 1. The Hall–Kier alpha value is -2.29. The Kier molecular flexibility index (Phi) is 4.18. The molecule has 0 saturated heterocycles. The topological polar surface area (TPSA) is 34.1 Å². The number of allylic oxidation sites excluding steroid dienone is 1. The standard InChI is InChI=1S/C16H18N2O/c1-12(2)14-6-9-16(18-11-14)17-10-13-4-7-15(19-3)8-5-13/h4-9,11H,1,10H2,2-3H3,(H,17,18). The first-order valence-electron chi connectivity index (χ1n) is 6.18. The number of aromatic nitrogens is 1. The molecule has 0 bridgehead atoms. The molecule has 0 aliphatic carbocycles. The van der Waals surface area contributed by atoms with E-state index in [9.17, 15) is 0 Å². The van der Waals surface area contributed by atoms with Crippen LogP contribution in [0.1, 0.15) is 18.1 Å². The molecular weight excluding hydrogens is 236 g/mol. The zero-order chi connectivity index (χ0) is 13.7. The molecule has 3 heteroatoms. The number of pyridine rings is 1.